The zero-order valence-corrected chi connectivity index (χ0v) is 12.5. The van der Waals surface area contributed by atoms with Gasteiger partial charge in [0.15, 0.2) is 0 Å². The molecule has 0 radical (unpaired) electrons. The van der Waals surface area contributed by atoms with E-state index in [9.17, 15) is 4.79 Å². The molecule has 1 aliphatic rings. The van der Waals surface area contributed by atoms with Crippen molar-refractivity contribution >= 4 is 5.91 Å². The Bertz CT molecular complexity index is 737. The van der Waals surface area contributed by atoms with Crippen molar-refractivity contribution in [3.8, 4) is 6.07 Å². The van der Waals surface area contributed by atoms with Crippen molar-refractivity contribution in [1.29, 1.82) is 5.26 Å². The molecule has 5 nitrogen and oxygen atoms in total. The molecule has 3 rings (SSSR count). The first-order valence-corrected chi connectivity index (χ1v) is 7.50. The Morgan fingerprint density at radius 3 is 3.05 bits per heavy atom. The summed E-state index contributed by atoms with van der Waals surface area (Å²) in [5.74, 6) is 0.879. The van der Waals surface area contributed by atoms with Gasteiger partial charge >= 0.3 is 0 Å². The van der Waals surface area contributed by atoms with Gasteiger partial charge in [0.1, 0.15) is 5.82 Å². The molecule has 0 aliphatic heterocycles. The largest absolute Gasteiger partial charge is 0.352 e. The molecule has 112 valence electrons. The number of aryl methyl sites for hydroxylation is 1. The van der Waals surface area contributed by atoms with Crippen LogP contribution < -0.4 is 5.32 Å². The second-order valence-corrected chi connectivity index (χ2v) is 5.62. The molecular weight excluding hydrogens is 276 g/mol. The SMILES string of the molecule is Cc1cnc(CCNC(=O)c2cccc(C#N)c2)n1C1CC1. The number of amides is 1. The Morgan fingerprint density at radius 2 is 2.32 bits per heavy atom. The maximum absolute atomic E-state index is 12.1. The summed E-state index contributed by atoms with van der Waals surface area (Å²) in [6.07, 6.45) is 5.05. The van der Waals surface area contributed by atoms with E-state index in [1.54, 1.807) is 24.3 Å². The summed E-state index contributed by atoms with van der Waals surface area (Å²) >= 11 is 0. The predicted molar refractivity (Wildman–Crippen MR) is 82.4 cm³/mol. The van der Waals surface area contributed by atoms with Gasteiger partial charge in [-0.3, -0.25) is 4.79 Å². The molecule has 1 saturated carbocycles. The summed E-state index contributed by atoms with van der Waals surface area (Å²) in [6, 6.07) is 9.36. The van der Waals surface area contributed by atoms with Gasteiger partial charge in [-0.25, -0.2) is 4.98 Å². The highest BCUT2D eigenvalue weighted by atomic mass is 16.1. The van der Waals surface area contributed by atoms with E-state index in [-0.39, 0.29) is 5.91 Å². The van der Waals surface area contributed by atoms with E-state index in [1.165, 1.54) is 18.5 Å². The van der Waals surface area contributed by atoms with Crippen molar-refractivity contribution < 1.29 is 4.79 Å². The molecule has 1 aromatic carbocycles. The molecule has 22 heavy (non-hydrogen) atoms. The Morgan fingerprint density at radius 1 is 1.50 bits per heavy atom. The predicted octanol–water partition coefficient (Wildman–Crippen LogP) is 2.37. The minimum Gasteiger partial charge on any atom is -0.352 e. The van der Waals surface area contributed by atoms with Crippen LogP contribution in [-0.4, -0.2) is 22.0 Å². The highest BCUT2D eigenvalue weighted by Gasteiger charge is 2.26. The standard InChI is InChI=1S/C17H18N4O/c1-12-11-20-16(21(12)15-5-6-15)7-8-19-17(22)14-4-2-3-13(9-14)10-18/h2-4,9,11,15H,5-8H2,1H3,(H,19,22). The lowest BCUT2D eigenvalue weighted by Crippen LogP contribution is -2.26. The summed E-state index contributed by atoms with van der Waals surface area (Å²) in [4.78, 5) is 16.5. The van der Waals surface area contributed by atoms with Crippen LogP contribution in [0, 0.1) is 18.3 Å². The summed E-state index contributed by atoms with van der Waals surface area (Å²) in [5.41, 5.74) is 2.19. The van der Waals surface area contributed by atoms with Crippen LogP contribution in [0.5, 0.6) is 0 Å². The molecule has 0 bridgehead atoms. The van der Waals surface area contributed by atoms with Crippen LogP contribution in [0.2, 0.25) is 0 Å². The average Bonchev–Trinajstić information content (AvgIpc) is 3.31. The zero-order valence-electron chi connectivity index (χ0n) is 12.5. The van der Waals surface area contributed by atoms with Crippen LogP contribution in [-0.2, 0) is 6.42 Å². The van der Waals surface area contributed by atoms with Gasteiger partial charge in [0.2, 0.25) is 0 Å². The van der Waals surface area contributed by atoms with E-state index >= 15 is 0 Å². The maximum atomic E-state index is 12.1. The maximum Gasteiger partial charge on any atom is 0.251 e. The number of carbonyl (C=O) groups is 1. The molecule has 1 aromatic heterocycles. The van der Waals surface area contributed by atoms with E-state index in [1.807, 2.05) is 12.3 Å². The van der Waals surface area contributed by atoms with Crippen LogP contribution in [0.4, 0.5) is 0 Å². The molecule has 1 N–H and O–H groups in total. The fraction of sp³-hybridized carbons (Fsp3) is 0.353. The van der Waals surface area contributed by atoms with Gasteiger partial charge in [0.05, 0.1) is 11.6 Å². The number of hydrogen-bond acceptors (Lipinski definition) is 3. The highest BCUT2D eigenvalue weighted by molar-refractivity contribution is 5.94. The van der Waals surface area contributed by atoms with Gasteiger partial charge in [-0.05, 0) is 38.0 Å². The Labute approximate surface area is 129 Å². The molecule has 2 aromatic rings. The molecule has 5 heteroatoms. The molecule has 0 saturated heterocycles. The summed E-state index contributed by atoms with van der Waals surface area (Å²) in [7, 11) is 0. The van der Waals surface area contributed by atoms with Gasteiger partial charge in [-0.15, -0.1) is 0 Å². The summed E-state index contributed by atoms with van der Waals surface area (Å²) in [6.45, 7) is 2.61. The van der Waals surface area contributed by atoms with Gasteiger partial charge < -0.3 is 9.88 Å². The van der Waals surface area contributed by atoms with Crippen LogP contribution >= 0.6 is 0 Å². The van der Waals surface area contributed by atoms with E-state index in [4.69, 9.17) is 5.26 Å². The lowest BCUT2D eigenvalue weighted by Gasteiger charge is -2.09. The minimum atomic E-state index is -0.154. The van der Waals surface area contributed by atoms with E-state index in [2.05, 4.69) is 21.8 Å². The van der Waals surface area contributed by atoms with Crippen molar-refractivity contribution in [3.63, 3.8) is 0 Å². The van der Waals surface area contributed by atoms with Crippen molar-refractivity contribution in [1.82, 2.24) is 14.9 Å². The molecule has 1 fully saturated rings. The third-order valence-corrected chi connectivity index (χ3v) is 3.86. The fourth-order valence-corrected chi connectivity index (χ4v) is 2.63. The monoisotopic (exact) mass is 294 g/mol. The van der Waals surface area contributed by atoms with E-state index in [0.717, 1.165) is 5.82 Å². The fourth-order valence-electron chi connectivity index (χ4n) is 2.63. The van der Waals surface area contributed by atoms with Crippen molar-refractivity contribution in [3.05, 3.63) is 53.1 Å². The Balaban J connectivity index is 1.59. The van der Waals surface area contributed by atoms with Crippen molar-refractivity contribution in [2.45, 2.75) is 32.2 Å². The summed E-state index contributed by atoms with van der Waals surface area (Å²) < 4.78 is 2.28. The number of rotatable bonds is 5. The molecular formula is C17H18N4O. The quantitative estimate of drug-likeness (QED) is 0.920. The van der Waals surface area contributed by atoms with Crippen LogP contribution in [0.1, 0.15) is 46.3 Å². The number of carbonyl (C=O) groups excluding carboxylic acids is 1. The topological polar surface area (TPSA) is 70.7 Å². The Hall–Kier alpha value is -2.61. The lowest BCUT2D eigenvalue weighted by molar-refractivity contribution is 0.0954. The number of hydrogen-bond donors (Lipinski definition) is 1. The van der Waals surface area contributed by atoms with Gasteiger partial charge in [-0.1, -0.05) is 6.07 Å². The smallest absolute Gasteiger partial charge is 0.251 e. The van der Waals surface area contributed by atoms with Crippen molar-refractivity contribution in [2.75, 3.05) is 6.54 Å². The molecule has 0 spiro atoms. The molecule has 1 heterocycles. The lowest BCUT2D eigenvalue weighted by atomic mass is 10.1. The summed E-state index contributed by atoms with van der Waals surface area (Å²) in [5, 5.41) is 11.8. The van der Waals surface area contributed by atoms with Crippen LogP contribution in [0.25, 0.3) is 0 Å². The third-order valence-electron chi connectivity index (χ3n) is 3.86. The van der Waals surface area contributed by atoms with Crippen molar-refractivity contribution in [2.24, 2.45) is 0 Å². The number of benzene rings is 1. The van der Waals surface area contributed by atoms with Gasteiger partial charge in [0.25, 0.3) is 5.91 Å². The zero-order chi connectivity index (χ0) is 15.5. The van der Waals surface area contributed by atoms with E-state index < -0.39 is 0 Å². The minimum absolute atomic E-state index is 0.154. The highest BCUT2D eigenvalue weighted by Crippen LogP contribution is 2.36. The molecule has 0 atom stereocenters. The molecule has 1 aliphatic carbocycles. The van der Waals surface area contributed by atoms with Gasteiger partial charge in [0, 0.05) is 36.5 Å². The normalized spacial score (nSPS) is 13.6. The third kappa shape index (κ3) is 3.01. The molecule has 1 amide bonds. The molecule has 0 unspecified atom stereocenters. The second-order valence-electron chi connectivity index (χ2n) is 5.62. The first-order chi connectivity index (χ1) is 10.7. The number of nitriles is 1. The number of aromatic nitrogens is 2. The number of imidazole rings is 1. The van der Waals surface area contributed by atoms with E-state index in [0.29, 0.717) is 30.1 Å². The van der Waals surface area contributed by atoms with Crippen LogP contribution in [0.3, 0.4) is 0 Å². The average molecular weight is 294 g/mol. The number of nitrogens with one attached hydrogen (secondary N) is 1. The Kier molecular flexibility index (Phi) is 3.92. The van der Waals surface area contributed by atoms with Crippen LogP contribution in [0.15, 0.2) is 30.5 Å². The van der Waals surface area contributed by atoms with Gasteiger partial charge in [-0.2, -0.15) is 5.26 Å². The second kappa shape index (κ2) is 6.02. The first-order valence-electron chi connectivity index (χ1n) is 7.50. The number of nitrogens with zero attached hydrogens (tertiary/aromatic N) is 3. The first kappa shape index (κ1) is 14.3.